The molecule has 112 valence electrons. The first-order valence-electron chi connectivity index (χ1n) is 7.32. The number of nitrogens with zero attached hydrogens (tertiary/aromatic N) is 1. The number of carbonyl (C=O) groups is 1. The van der Waals surface area contributed by atoms with Gasteiger partial charge in [0.2, 0.25) is 5.91 Å². The van der Waals surface area contributed by atoms with Crippen LogP contribution in [-0.2, 0) is 15.7 Å². The first kappa shape index (κ1) is 15.4. The molecule has 1 heterocycles. The highest BCUT2D eigenvalue weighted by molar-refractivity contribution is 5.91. The molecule has 1 aromatic carbocycles. The molecule has 0 spiro atoms. The zero-order chi connectivity index (χ0) is 15.8. The lowest BCUT2D eigenvalue weighted by Gasteiger charge is -2.44. The summed E-state index contributed by atoms with van der Waals surface area (Å²) in [5, 5.41) is 12.4. The van der Waals surface area contributed by atoms with E-state index in [2.05, 4.69) is 11.4 Å². The molecule has 4 heteroatoms. The standard InChI is InChI=1S/C17H22N2O2/c1-6-17(7-2)13-8-11(10-18)14(21-5)9-12(13)16(3,4)19-15(17)20/h8-9H,6-7H2,1-5H3,(H,19,20). The van der Waals surface area contributed by atoms with Crippen molar-refractivity contribution in [3.8, 4) is 11.8 Å². The Bertz CT molecular complexity index is 622. The Hall–Kier alpha value is -2.02. The van der Waals surface area contributed by atoms with Crippen LogP contribution in [0.3, 0.4) is 0 Å². The van der Waals surface area contributed by atoms with Crippen molar-refractivity contribution in [1.29, 1.82) is 5.26 Å². The summed E-state index contributed by atoms with van der Waals surface area (Å²) in [6.07, 6.45) is 1.41. The Morgan fingerprint density at radius 3 is 2.33 bits per heavy atom. The minimum atomic E-state index is -0.567. The summed E-state index contributed by atoms with van der Waals surface area (Å²) in [7, 11) is 1.56. The molecule has 0 saturated heterocycles. The molecular weight excluding hydrogens is 264 g/mol. The van der Waals surface area contributed by atoms with E-state index < -0.39 is 11.0 Å². The molecule has 4 nitrogen and oxygen atoms in total. The van der Waals surface area contributed by atoms with E-state index in [9.17, 15) is 10.1 Å². The number of amides is 1. The number of ether oxygens (including phenoxy) is 1. The molecule has 0 fully saturated rings. The third-order valence-electron chi connectivity index (χ3n) is 4.72. The van der Waals surface area contributed by atoms with Crippen LogP contribution in [-0.4, -0.2) is 13.0 Å². The zero-order valence-corrected chi connectivity index (χ0v) is 13.3. The molecule has 0 saturated carbocycles. The van der Waals surface area contributed by atoms with Crippen molar-refractivity contribution in [2.24, 2.45) is 0 Å². The maximum Gasteiger partial charge on any atom is 0.231 e. The van der Waals surface area contributed by atoms with Gasteiger partial charge in [0.05, 0.1) is 23.6 Å². The van der Waals surface area contributed by atoms with Crippen LogP contribution in [0.2, 0.25) is 0 Å². The number of hydrogen-bond donors (Lipinski definition) is 1. The van der Waals surface area contributed by atoms with Gasteiger partial charge >= 0.3 is 0 Å². The molecule has 1 amide bonds. The normalized spacial score (nSPS) is 18.4. The summed E-state index contributed by atoms with van der Waals surface area (Å²) in [5.41, 5.74) is 1.43. The van der Waals surface area contributed by atoms with Crippen LogP contribution in [0.15, 0.2) is 12.1 Å². The Balaban J connectivity index is 2.84. The average molecular weight is 286 g/mol. The summed E-state index contributed by atoms with van der Waals surface area (Å²) in [4.78, 5) is 12.7. The lowest BCUT2D eigenvalue weighted by atomic mass is 9.66. The lowest BCUT2D eigenvalue weighted by Crippen LogP contribution is -2.56. The molecule has 0 radical (unpaired) electrons. The second-order valence-electron chi connectivity index (χ2n) is 6.08. The first-order chi connectivity index (χ1) is 9.86. The predicted molar refractivity (Wildman–Crippen MR) is 81.1 cm³/mol. The molecule has 0 unspecified atom stereocenters. The van der Waals surface area contributed by atoms with Crippen LogP contribution in [0.1, 0.15) is 57.2 Å². The van der Waals surface area contributed by atoms with Gasteiger partial charge in [-0.25, -0.2) is 0 Å². The van der Waals surface area contributed by atoms with Crippen LogP contribution in [0.4, 0.5) is 0 Å². The van der Waals surface area contributed by atoms with E-state index in [1.165, 1.54) is 0 Å². The largest absolute Gasteiger partial charge is 0.495 e. The first-order valence-corrected chi connectivity index (χ1v) is 7.32. The average Bonchev–Trinajstić information content (AvgIpc) is 2.46. The third-order valence-corrected chi connectivity index (χ3v) is 4.72. The number of fused-ring (bicyclic) bond motifs is 1. The molecule has 1 aliphatic heterocycles. The van der Waals surface area contributed by atoms with Gasteiger partial charge in [0, 0.05) is 0 Å². The molecular formula is C17H22N2O2. The molecule has 21 heavy (non-hydrogen) atoms. The van der Waals surface area contributed by atoms with Crippen molar-refractivity contribution in [2.75, 3.05) is 7.11 Å². The third kappa shape index (κ3) is 2.08. The van der Waals surface area contributed by atoms with E-state index >= 15 is 0 Å². The maximum absolute atomic E-state index is 12.7. The number of hydrogen-bond acceptors (Lipinski definition) is 3. The summed E-state index contributed by atoms with van der Waals surface area (Å²) in [6, 6.07) is 5.90. The van der Waals surface area contributed by atoms with Crippen molar-refractivity contribution in [3.63, 3.8) is 0 Å². The monoisotopic (exact) mass is 286 g/mol. The van der Waals surface area contributed by atoms with Crippen LogP contribution in [0.5, 0.6) is 5.75 Å². The molecule has 0 atom stereocenters. The van der Waals surface area contributed by atoms with Crippen molar-refractivity contribution in [3.05, 3.63) is 28.8 Å². The van der Waals surface area contributed by atoms with Crippen LogP contribution < -0.4 is 10.1 Å². The zero-order valence-electron chi connectivity index (χ0n) is 13.3. The highest BCUT2D eigenvalue weighted by atomic mass is 16.5. The molecule has 0 aromatic heterocycles. The molecule has 1 N–H and O–H groups in total. The van der Waals surface area contributed by atoms with Crippen molar-refractivity contribution < 1.29 is 9.53 Å². The molecule has 1 aromatic rings. The summed E-state index contributed by atoms with van der Waals surface area (Å²) in [5.74, 6) is 0.598. The van der Waals surface area contributed by atoms with Crippen molar-refractivity contribution >= 4 is 5.91 Å². The quantitative estimate of drug-likeness (QED) is 0.929. The highest BCUT2D eigenvalue weighted by Gasteiger charge is 2.47. The summed E-state index contributed by atoms with van der Waals surface area (Å²) in [6.45, 7) is 7.98. The lowest BCUT2D eigenvalue weighted by molar-refractivity contribution is -0.130. The van der Waals surface area contributed by atoms with E-state index in [1.54, 1.807) is 7.11 Å². The minimum Gasteiger partial charge on any atom is -0.495 e. The van der Waals surface area contributed by atoms with E-state index in [4.69, 9.17) is 4.74 Å². The summed E-state index contributed by atoms with van der Waals surface area (Å²) < 4.78 is 5.32. The van der Waals surface area contributed by atoms with Gasteiger partial charge in [0.1, 0.15) is 11.8 Å². The number of carbonyl (C=O) groups excluding carboxylic acids is 1. The number of rotatable bonds is 3. The highest BCUT2D eigenvalue weighted by Crippen LogP contribution is 2.44. The maximum atomic E-state index is 12.7. The Morgan fingerprint density at radius 1 is 1.24 bits per heavy atom. The van der Waals surface area contributed by atoms with Gasteiger partial charge in [-0.1, -0.05) is 13.8 Å². The second kappa shape index (κ2) is 5.07. The topological polar surface area (TPSA) is 62.1 Å². The van der Waals surface area contributed by atoms with Gasteiger partial charge in [0.25, 0.3) is 0 Å². The van der Waals surface area contributed by atoms with Gasteiger partial charge in [0.15, 0.2) is 0 Å². The fourth-order valence-electron chi connectivity index (χ4n) is 3.29. The van der Waals surface area contributed by atoms with Gasteiger partial charge in [-0.05, 0) is 49.9 Å². The van der Waals surface area contributed by atoms with Crippen molar-refractivity contribution in [2.45, 2.75) is 51.5 Å². The number of nitrogens with one attached hydrogen (secondary N) is 1. The second-order valence-corrected chi connectivity index (χ2v) is 6.08. The van der Waals surface area contributed by atoms with E-state index in [1.807, 2.05) is 39.8 Å². The molecule has 0 aliphatic carbocycles. The van der Waals surface area contributed by atoms with Crippen LogP contribution in [0, 0.1) is 11.3 Å². The van der Waals surface area contributed by atoms with Crippen LogP contribution in [0.25, 0.3) is 0 Å². The molecule has 1 aliphatic rings. The fourth-order valence-corrected chi connectivity index (χ4v) is 3.29. The van der Waals surface area contributed by atoms with E-state index in [0.717, 1.165) is 11.1 Å². The fraction of sp³-hybridized carbons (Fsp3) is 0.529. The number of methoxy groups -OCH3 is 1. The van der Waals surface area contributed by atoms with E-state index in [-0.39, 0.29) is 5.91 Å². The minimum absolute atomic E-state index is 0.0408. The number of benzene rings is 1. The SMILES string of the molecule is CCC1(CC)C(=O)NC(C)(C)c2cc(OC)c(C#N)cc21. The van der Waals surface area contributed by atoms with Crippen molar-refractivity contribution in [1.82, 2.24) is 5.32 Å². The molecule has 0 bridgehead atoms. The van der Waals surface area contributed by atoms with E-state index in [0.29, 0.717) is 24.2 Å². The Labute approximate surface area is 126 Å². The summed E-state index contributed by atoms with van der Waals surface area (Å²) >= 11 is 0. The Kier molecular flexibility index (Phi) is 3.71. The van der Waals surface area contributed by atoms with Gasteiger partial charge in [-0.15, -0.1) is 0 Å². The molecule has 2 rings (SSSR count). The number of nitriles is 1. The van der Waals surface area contributed by atoms with Gasteiger partial charge < -0.3 is 10.1 Å². The smallest absolute Gasteiger partial charge is 0.231 e. The van der Waals surface area contributed by atoms with Crippen LogP contribution >= 0.6 is 0 Å². The Morgan fingerprint density at radius 2 is 1.86 bits per heavy atom. The van der Waals surface area contributed by atoms with Gasteiger partial charge in [-0.3, -0.25) is 4.79 Å². The predicted octanol–water partition coefficient (Wildman–Crippen LogP) is 2.99. The van der Waals surface area contributed by atoms with Gasteiger partial charge in [-0.2, -0.15) is 5.26 Å².